The fourth-order valence-corrected chi connectivity index (χ4v) is 3.66. The Morgan fingerprint density at radius 3 is 2.74 bits per heavy atom. The zero-order chi connectivity index (χ0) is 21.6. The molecule has 7 nitrogen and oxygen atoms in total. The summed E-state index contributed by atoms with van der Waals surface area (Å²) in [7, 11) is 0. The number of para-hydroxylation sites is 1. The summed E-state index contributed by atoms with van der Waals surface area (Å²) < 4.78 is 1.86. The van der Waals surface area contributed by atoms with Crippen LogP contribution in [0.3, 0.4) is 0 Å². The van der Waals surface area contributed by atoms with Crippen molar-refractivity contribution in [3.8, 4) is 5.82 Å². The molecule has 0 radical (unpaired) electrons. The lowest BCUT2D eigenvalue weighted by Gasteiger charge is -2.11. The van der Waals surface area contributed by atoms with Crippen molar-refractivity contribution in [1.29, 1.82) is 0 Å². The van der Waals surface area contributed by atoms with E-state index in [1.165, 1.54) is 16.5 Å². The molecule has 0 atom stereocenters. The topological polar surface area (TPSA) is 82.9 Å². The van der Waals surface area contributed by atoms with Crippen LogP contribution in [0.1, 0.15) is 29.4 Å². The molecule has 0 fully saturated rings. The van der Waals surface area contributed by atoms with Crippen molar-refractivity contribution < 1.29 is 0 Å². The highest BCUT2D eigenvalue weighted by atomic mass is 15.3. The number of H-pyrrole nitrogens is 1. The van der Waals surface area contributed by atoms with Gasteiger partial charge in [0.1, 0.15) is 0 Å². The average Bonchev–Trinajstić information content (AvgIpc) is 3.35. The van der Waals surface area contributed by atoms with Crippen LogP contribution in [0, 0.1) is 13.8 Å². The third kappa shape index (κ3) is 4.94. The van der Waals surface area contributed by atoms with Crippen LogP contribution in [0.25, 0.3) is 16.7 Å². The van der Waals surface area contributed by atoms with E-state index in [0.29, 0.717) is 6.54 Å². The van der Waals surface area contributed by atoms with Gasteiger partial charge in [0.25, 0.3) is 0 Å². The molecule has 0 aliphatic heterocycles. The Balaban J connectivity index is 1.36. The van der Waals surface area contributed by atoms with Gasteiger partial charge in [0.15, 0.2) is 11.8 Å². The van der Waals surface area contributed by atoms with Crippen LogP contribution in [0.2, 0.25) is 0 Å². The van der Waals surface area contributed by atoms with Crippen molar-refractivity contribution in [2.45, 2.75) is 33.7 Å². The largest absolute Gasteiger partial charge is 0.361 e. The van der Waals surface area contributed by atoms with E-state index in [0.717, 1.165) is 48.2 Å². The van der Waals surface area contributed by atoms with Crippen LogP contribution in [0.5, 0.6) is 0 Å². The minimum absolute atomic E-state index is 0.562. The van der Waals surface area contributed by atoms with Crippen molar-refractivity contribution in [1.82, 2.24) is 30.4 Å². The van der Waals surface area contributed by atoms with Crippen molar-refractivity contribution >= 4 is 16.9 Å². The molecule has 0 saturated carbocycles. The zero-order valence-corrected chi connectivity index (χ0v) is 18.3. The van der Waals surface area contributed by atoms with E-state index in [-0.39, 0.29) is 0 Å². The highest BCUT2D eigenvalue weighted by molar-refractivity contribution is 5.83. The first kappa shape index (κ1) is 20.7. The van der Waals surface area contributed by atoms with Crippen molar-refractivity contribution in [3.05, 3.63) is 77.4 Å². The van der Waals surface area contributed by atoms with Crippen LogP contribution in [0.15, 0.2) is 59.9 Å². The van der Waals surface area contributed by atoms with E-state index in [2.05, 4.69) is 69.2 Å². The Labute approximate surface area is 182 Å². The Morgan fingerprint density at radius 2 is 2.00 bits per heavy atom. The minimum atomic E-state index is 0.562. The zero-order valence-electron chi connectivity index (χ0n) is 18.3. The molecule has 31 heavy (non-hydrogen) atoms. The first-order valence-corrected chi connectivity index (χ1v) is 10.7. The molecule has 0 bridgehead atoms. The Kier molecular flexibility index (Phi) is 6.31. The summed E-state index contributed by atoms with van der Waals surface area (Å²) >= 11 is 0. The lowest BCUT2D eigenvalue weighted by atomic mass is 10.1. The molecular weight excluding hydrogens is 386 g/mol. The van der Waals surface area contributed by atoms with Gasteiger partial charge in [-0.2, -0.15) is 5.10 Å². The molecule has 0 saturated heterocycles. The molecule has 0 aliphatic rings. The van der Waals surface area contributed by atoms with Crippen LogP contribution in [0.4, 0.5) is 0 Å². The summed E-state index contributed by atoms with van der Waals surface area (Å²) in [6.45, 7) is 8.27. The quantitative estimate of drug-likeness (QED) is 0.318. The normalized spacial score (nSPS) is 11.8. The molecule has 7 heteroatoms. The Bertz CT molecular complexity index is 1170. The standard InChI is InChI=1S/C24H29N7/c1-4-25-24(26-12-11-20-16-27-22-8-6-5-7-21(20)22)29-15-19-9-10-23(28-14-19)31-18(3)13-17(2)30-31/h5-10,13-14,16,27H,4,11-12,15H2,1-3H3,(H2,25,26,29). The number of nitrogens with one attached hydrogen (secondary N) is 3. The van der Waals surface area contributed by atoms with E-state index in [4.69, 9.17) is 4.99 Å². The van der Waals surface area contributed by atoms with Crippen LogP contribution in [-0.2, 0) is 13.0 Å². The maximum Gasteiger partial charge on any atom is 0.191 e. The van der Waals surface area contributed by atoms with Gasteiger partial charge >= 0.3 is 0 Å². The molecule has 3 heterocycles. The molecule has 160 valence electrons. The van der Waals surface area contributed by atoms with Gasteiger partial charge in [-0.1, -0.05) is 24.3 Å². The summed E-state index contributed by atoms with van der Waals surface area (Å²) in [5.74, 6) is 1.63. The summed E-state index contributed by atoms with van der Waals surface area (Å²) in [6.07, 6.45) is 4.88. The van der Waals surface area contributed by atoms with Gasteiger partial charge in [0.05, 0.1) is 12.2 Å². The summed E-state index contributed by atoms with van der Waals surface area (Å²) in [5, 5.41) is 12.5. The smallest absolute Gasteiger partial charge is 0.191 e. The monoisotopic (exact) mass is 415 g/mol. The number of aromatic nitrogens is 4. The average molecular weight is 416 g/mol. The lowest BCUT2D eigenvalue weighted by molar-refractivity contribution is 0.795. The second-order valence-corrected chi connectivity index (χ2v) is 7.59. The maximum atomic E-state index is 4.71. The highest BCUT2D eigenvalue weighted by Gasteiger charge is 2.06. The first-order chi connectivity index (χ1) is 15.1. The predicted molar refractivity (Wildman–Crippen MR) is 126 cm³/mol. The van der Waals surface area contributed by atoms with Gasteiger partial charge in [-0.25, -0.2) is 14.7 Å². The lowest BCUT2D eigenvalue weighted by Crippen LogP contribution is -2.38. The third-order valence-electron chi connectivity index (χ3n) is 5.16. The number of pyridine rings is 1. The fourth-order valence-electron chi connectivity index (χ4n) is 3.66. The fraction of sp³-hybridized carbons (Fsp3) is 0.292. The van der Waals surface area contributed by atoms with Crippen molar-refractivity contribution in [3.63, 3.8) is 0 Å². The number of aromatic amines is 1. The first-order valence-electron chi connectivity index (χ1n) is 10.7. The van der Waals surface area contributed by atoms with Gasteiger partial charge in [-0.05, 0) is 56.5 Å². The number of aliphatic imine (C=N–C) groups is 1. The second kappa shape index (κ2) is 9.47. The molecule has 0 unspecified atom stereocenters. The minimum Gasteiger partial charge on any atom is -0.361 e. The van der Waals surface area contributed by atoms with E-state index in [9.17, 15) is 0 Å². The van der Waals surface area contributed by atoms with E-state index < -0.39 is 0 Å². The van der Waals surface area contributed by atoms with E-state index in [1.807, 2.05) is 36.9 Å². The number of aryl methyl sites for hydroxylation is 2. The number of nitrogens with zero attached hydrogens (tertiary/aromatic N) is 4. The molecule has 0 aliphatic carbocycles. The predicted octanol–water partition coefficient (Wildman–Crippen LogP) is 3.66. The Morgan fingerprint density at radius 1 is 1.13 bits per heavy atom. The number of guanidine groups is 1. The van der Waals surface area contributed by atoms with Gasteiger partial charge in [0, 0.05) is 42.1 Å². The second-order valence-electron chi connectivity index (χ2n) is 7.59. The maximum absolute atomic E-state index is 4.71. The molecule has 3 aromatic heterocycles. The van der Waals surface area contributed by atoms with E-state index >= 15 is 0 Å². The van der Waals surface area contributed by atoms with Gasteiger partial charge < -0.3 is 15.6 Å². The van der Waals surface area contributed by atoms with Gasteiger partial charge in [0.2, 0.25) is 0 Å². The number of fused-ring (bicyclic) bond motifs is 1. The van der Waals surface area contributed by atoms with Crippen LogP contribution >= 0.6 is 0 Å². The molecule has 0 amide bonds. The molecule has 0 spiro atoms. The molecule has 1 aromatic carbocycles. The molecule has 3 N–H and O–H groups in total. The molecular formula is C24H29N7. The SMILES string of the molecule is CCNC(=NCc1ccc(-n2nc(C)cc2C)nc1)NCCc1c[nH]c2ccccc12. The van der Waals surface area contributed by atoms with Crippen molar-refractivity contribution in [2.24, 2.45) is 4.99 Å². The third-order valence-corrected chi connectivity index (χ3v) is 5.16. The van der Waals surface area contributed by atoms with E-state index in [1.54, 1.807) is 0 Å². The Hall–Kier alpha value is -3.61. The van der Waals surface area contributed by atoms with Gasteiger partial charge in [-0.15, -0.1) is 0 Å². The molecule has 4 aromatic rings. The number of rotatable bonds is 7. The van der Waals surface area contributed by atoms with Crippen LogP contribution < -0.4 is 10.6 Å². The highest BCUT2D eigenvalue weighted by Crippen LogP contribution is 2.17. The van der Waals surface area contributed by atoms with Crippen LogP contribution in [-0.4, -0.2) is 38.8 Å². The summed E-state index contributed by atoms with van der Waals surface area (Å²) in [6, 6.07) is 14.5. The summed E-state index contributed by atoms with van der Waals surface area (Å²) in [5.41, 5.74) is 5.60. The number of hydrogen-bond donors (Lipinski definition) is 3. The van der Waals surface area contributed by atoms with Gasteiger partial charge in [-0.3, -0.25) is 0 Å². The summed E-state index contributed by atoms with van der Waals surface area (Å²) in [4.78, 5) is 12.6. The molecule has 4 rings (SSSR count). The van der Waals surface area contributed by atoms with Crippen molar-refractivity contribution in [2.75, 3.05) is 13.1 Å². The number of benzene rings is 1. The number of hydrogen-bond acceptors (Lipinski definition) is 3.